The van der Waals surface area contributed by atoms with E-state index in [1.807, 2.05) is 11.8 Å². The molecule has 0 amide bonds. The average Bonchev–Trinajstić information content (AvgIpc) is 2.44. The zero-order valence-electron chi connectivity index (χ0n) is 12.1. The van der Waals surface area contributed by atoms with Gasteiger partial charge in [0.2, 0.25) is 0 Å². The molecule has 0 radical (unpaired) electrons. The quantitative estimate of drug-likeness (QED) is 0.774. The van der Waals surface area contributed by atoms with E-state index >= 15 is 0 Å². The zero-order chi connectivity index (χ0) is 14.5. The largest absolute Gasteiger partial charge is 0.299 e. The summed E-state index contributed by atoms with van der Waals surface area (Å²) in [7, 11) is 0. The highest BCUT2D eigenvalue weighted by atomic mass is 32.2. The summed E-state index contributed by atoms with van der Waals surface area (Å²) in [5.41, 5.74) is 0.613. The van der Waals surface area contributed by atoms with Gasteiger partial charge in [0.15, 0.2) is 5.78 Å². The topological polar surface area (TPSA) is 20.3 Å². The molecule has 0 aromatic heterocycles. The number of carbonyl (C=O) groups is 1. The van der Waals surface area contributed by atoms with E-state index in [-0.39, 0.29) is 11.6 Å². The molecule has 1 aliphatic rings. The van der Waals surface area contributed by atoms with Gasteiger partial charge in [-0.05, 0) is 44.2 Å². The maximum atomic E-state index is 12.8. The minimum Gasteiger partial charge on any atom is -0.299 e. The van der Waals surface area contributed by atoms with Crippen molar-refractivity contribution >= 4 is 17.5 Å². The molecule has 2 unspecified atom stereocenters. The highest BCUT2D eigenvalue weighted by Crippen LogP contribution is 2.24. The minimum absolute atomic E-state index is 0.108. The summed E-state index contributed by atoms with van der Waals surface area (Å²) in [5, 5.41) is 0.663. The Morgan fingerprint density at radius 1 is 1.35 bits per heavy atom. The van der Waals surface area contributed by atoms with Crippen molar-refractivity contribution in [1.29, 1.82) is 0 Å². The first kappa shape index (κ1) is 15.5. The molecule has 0 saturated carbocycles. The van der Waals surface area contributed by atoms with Gasteiger partial charge in [0.05, 0.1) is 0 Å². The molecule has 1 aromatic carbocycles. The van der Waals surface area contributed by atoms with Gasteiger partial charge < -0.3 is 0 Å². The number of hydrogen-bond donors (Lipinski definition) is 0. The Morgan fingerprint density at radius 3 is 2.75 bits per heavy atom. The summed E-state index contributed by atoms with van der Waals surface area (Å²) in [6.45, 7) is 6.61. The van der Waals surface area contributed by atoms with Crippen molar-refractivity contribution in [1.82, 2.24) is 4.90 Å². The third-order valence-corrected chi connectivity index (χ3v) is 5.37. The van der Waals surface area contributed by atoms with Crippen LogP contribution in [0.3, 0.4) is 0 Å². The zero-order valence-corrected chi connectivity index (χ0v) is 13.0. The van der Waals surface area contributed by atoms with E-state index in [1.54, 1.807) is 12.1 Å². The standard InChI is InChI=1S/C16H22FNOS/c1-12-13(2)20-11-10-18(12)9-3-4-16(19)14-5-7-15(17)8-6-14/h5-8,12-13H,3-4,9-11H2,1-2H3. The molecule has 0 N–H and O–H groups in total. The SMILES string of the molecule is CC1SCCN(CCCC(=O)c2ccc(F)cc2)C1C. The van der Waals surface area contributed by atoms with E-state index in [0.717, 1.165) is 19.5 Å². The van der Waals surface area contributed by atoms with E-state index in [1.165, 1.54) is 17.9 Å². The molecular weight excluding hydrogens is 273 g/mol. The molecule has 2 atom stereocenters. The summed E-state index contributed by atoms with van der Waals surface area (Å²) in [6, 6.07) is 6.41. The number of carbonyl (C=O) groups excluding carboxylic acids is 1. The number of hydrogen-bond acceptors (Lipinski definition) is 3. The fourth-order valence-corrected chi connectivity index (χ4v) is 3.70. The molecule has 1 aliphatic heterocycles. The van der Waals surface area contributed by atoms with E-state index < -0.39 is 0 Å². The van der Waals surface area contributed by atoms with Crippen LogP contribution < -0.4 is 0 Å². The first-order chi connectivity index (χ1) is 9.58. The number of halogens is 1. The Balaban J connectivity index is 1.78. The summed E-state index contributed by atoms with van der Waals surface area (Å²) >= 11 is 2.02. The summed E-state index contributed by atoms with van der Waals surface area (Å²) < 4.78 is 12.8. The number of benzene rings is 1. The second kappa shape index (κ2) is 7.23. The predicted octanol–water partition coefficient (Wildman–Crippen LogP) is 3.61. The van der Waals surface area contributed by atoms with Gasteiger partial charge in [-0.3, -0.25) is 9.69 Å². The van der Waals surface area contributed by atoms with Crippen LogP contribution in [0.1, 0.15) is 37.0 Å². The monoisotopic (exact) mass is 295 g/mol. The Kier molecular flexibility index (Phi) is 5.61. The van der Waals surface area contributed by atoms with Crippen LogP contribution >= 0.6 is 11.8 Å². The molecule has 0 bridgehead atoms. The van der Waals surface area contributed by atoms with Crippen LogP contribution in [-0.4, -0.2) is 40.8 Å². The fraction of sp³-hybridized carbons (Fsp3) is 0.562. The number of ketones is 1. The molecule has 4 heteroatoms. The van der Waals surface area contributed by atoms with E-state index in [2.05, 4.69) is 18.7 Å². The van der Waals surface area contributed by atoms with Crippen LogP contribution in [0.2, 0.25) is 0 Å². The van der Waals surface area contributed by atoms with Crippen molar-refractivity contribution in [2.45, 2.75) is 38.0 Å². The van der Waals surface area contributed by atoms with Gasteiger partial charge in [-0.2, -0.15) is 11.8 Å². The van der Waals surface area contributed by atoms with Crippen molar-refractivity contribution in [3.8, 4) is 0 Å². The predicted molar refractivity (Wildman–Crippen MR) is 82.9 cm³/mol. The highest BCUT2D eigenvalue weighted by molar-refractivity contribution is 8.00. The Bertz CT molecular complexity index is 448. The molecule has 2 rings (SSSR count). The molecule has 1 heterocycles. The summed E-state index contributed by atoms with van der Waals surface area (Å²) in [4.78, 5) is 14.5. The smallest absolute Gasteiger partial charge is 0.162 e. The molecular formula is C16H22FNOS. The van der Waals surface area contributed by atoms with Crippen LogP contribution in [0.15, 0.2) is 24.3 Å². The van der Waals surface area contributed by atoms with Gasteiger partial charge in [0.1, 0.15) is 5.82 Å². The summed E-state index contributed by atoms with van der Waals surface area (Å²) in [6.07, 6.45) is 1.41. The lowest BCUT2D eigenvalue weighted by atomic mass is 10.1. The van der Waals surface area contributed by atoms with Crippen LogP contribution in [0.5, 0.6) is 0 Å². The molecule has 20 heavy (non-hydrogen) atoms. The van der Waals surface area contributed by atoms with Crippen molar-refractivity contribution < 1.29 is 9.18 Å². The van der Waals surface area contributed by atoms with Gasteiger partial charge in [0, 0.05) is 35.6 Å². The number of thioether (sulfide) groups is 1. The minimum atomic E-state index is -0.296. The first-order valence-corrected chi connectivity index (χ1v) is 8.27. The normalized spacial score (nSPS) is 23.8. The maximum Gasteiger partial charge on any atom is 0.162 e. The van der Waals surface area contributed by atoms with Crippen LogP contribution in [0.25, 0.3) is 0 Å². The van der Waals surface area contributed by atoms with Crippen LogP contribution in [0.4, 0.5) is 4.39 Å². The second-order valence-electron chi connectivity index (χ2n) is 5.39. The molecule has 1 fully saturated rings. The fourth-order valence-electron chi connectivity index (χ4n) is 2.53. The molecule has 0 aliphatic carbocycles. The summed E-state index contributed by atoms with van der Waals surface area (Å²) in [5.74, 6) is 0.990. The van der Waals surface area contributed by atoms with Crippen molar-refractivity contribution in [2.75, 3.05) is 18.8 Å². The van der Waals surface area contributed by atoms with Gasteiger partial charge in [-0.1, -0.05) is 6.92 Å². The molecule has 0 spiro atoms. The molecule has 110 valence electrons. The van der Waals surface area contributed by atoms with Gasteiger partial charge in [-0.25, -0.2) is 4.39 Å². The van der Waals surface area contributed by atoms with E-state index in [4.69, 9.17) is 0 Å². The molecule has 1 aromatic rings. The highest BCUT2D eigenvalue weighted by Gasteiger charge is 2.24. The number of rotatable bonds is 5. The Morgan fingerprint density at radius 2 is 2.05 bits per heavy atom. The second-order valence-corrected chi connectivity index (χ2v) is 6.87. The van der Waals surface area contributed by atoms with Crippen molar-refractivity contribution in [3.63, 3.8) is 0 Å². The maximum absolute atomic E-state index is 12.8. The lowest BCUT2D eigenvalue weighted by Crippen LogP contribution is -2.45. The van der Waals surface area contributed by atoms with E-state index in [0.29, 0.717) is 23.3 Å². The molecule has 2 nitrogen and oxygen atoms in total. The van der Waals surface area contributed by atoms with Crippen molar-refractivity contribution in [2.24, 2.45) is 0 Å². The number of Topliss-reactive ketones (excluding diaryl/α,β-unsaturated/α-hetero) is 1. The number of nitrogens with zero attached hydrogens (tertiary/aromatic N) is 1. The average molecular weight is 295 g/mol. The van der Waals surface area contributed by atoms with Gasteiger partial charge in [-0.15, -0.1) is 0 Å². The Labute approximate surface area is 124 Å². The lowest BCUT2D eigenvalue weighted by Gasteiger charge is -2.37. The molecule has 1 saturated heterocycles. The van der Waals surface area contributed by atoms with E-state index in [9.17, 15) is 9.18 Å². The van der Waals surface area contributed by atoms with Crippen LogP contribution in [0, 0.1) is 5.82 Å². The van der Waals surface area contributed by atoms with Crippen LogP contribution in [-0.2, 0) is 0 Å². The third kappa shape index (κ3) is 4.06. The van der Waals surface area contributed by atoms with Gasteiger partial charge >= 0.3 is 0 Å². The lowest BCUT2D eigenvalue weighted by molar-refractivity contribution is 0.0971. The first-order valence-electron chi connectivity index (χ1n) is 7.22. The Hall–Kier alpha value is -0.870. The third-order valence-electron chi connectivity index (χ3n) is 4.03. The van der Waals surface area contributed by atoms with Gasteiger partial charge in [0.25, 0.3) is 0 Å². The van der Waals surface area contributed by atoms with Crippen molar-refractivity contribution in [3.05, 3.63) is 35.6 Å².